The molecule has 6 heteroatoms. The van der Waals surface area contributed by atoms with E-state index in [9.17, 15) is 0 Å². The SMILES string of the molecule is Cc1oc(-c2ccco2)nc1COc1ccc(Cn2ccc(-c3ccccc3)n2)cc1. The molecular weight excluding hydrogens is 390 g/mol. The highest BCUT2D eigenvalue weighted by atomic mass is 16.5. The molecule has 0 atom stereocenters. The van der Waals surface area contributed by atoms with Gasteiger partial charge in [-0.25, -0.2) is 4.98 Å². The minimum atomic E-state index is 0.328. The maximum absolute atomic E-state index is 5.90. The van der Waals surface area contributed by atoms with Crippen molar-refractivity contribution in [2.24, 2.45) is 0 Å². The molecular formula is C25H21N3O3. The average Bonchev–Trinajstić information content (AvgIpc) is 3.55. The first kappa shape index (κ1) is 18.9. The van der Waals surface area contributed by atoms with Crippen LogP contribution in [0.4, 0.5) is 0 Å². The maximum atomic E-state index is 5.90. The Labute approximate surface area is 179 Å². The Hall–Kier alpha value is -4.06. The van der Waals surface area contributed by atoms with E-state index in [4.69, 9.17) is 13.6 Å². The van der Waals surface area contributed by atoms with Crippen molar-refractivity contribution in [2.45, 2.75) is 20.1 Å². The van der Waals surface area contributed by atoms with Crippen LogP contribution in [0.2, 0.25) is 0 Å². The number of ether oxygens (including phenoxy) is 1. The number of furan rings is 1. The lowest BCUT2D eigenvalue weighted by Crippen LogP contribution is -2.01. The number of nitrogens with zero attached hydrogens (tertiary/aromatic N) is 3. The van der Waals surface area contributed by atoms with Gasteiger partial charge in [0.2, 0.25) is 0 Å². The van der Waals surface area contributed by atoms with Crippen molar-refractivity contribution < 1.29 is 13.6 Å². The van der Waals surface area contributed by atoms with Crippen LogP contribution in [0.15, 0.2) is 94.1 Å². The van der Waals surface area contributed by atoms with Gasteiger partial charge >= 0.3 is 0 Å². The molecule has 5 aromatic rings. The molecule has 0 aliphatic rings. The van der Waals surface area contributed by atoms with E-state index in [1.165, 1.54) is 0 Å². The van der Waals surface area contributed by atoms with Crippen molar-refractivity contribution in [1.82, 2.24) is 14.8 Å². The van der Waals surface area contributed by atoms with Gasteiger partial charge in [0.15, 0.2) is 5.76 Å². The lowest BCUT2D eigenvalue weighted by Gasteiger charge is -2.06. The first-order valence-corrected chi connectivity index (χ1v) is 10.1. The second-order valence-electron chi connectivity index (χ2n) is 7.20. The highest BCUT2D eigenvalue weighted by Gasteiger charge is 2.14. The first-order valence-electron chi connectivity index (χ1n) is 10.1. The second-order valence-corrected chi connectivity index (χ2v) is 7.20. The fourth-order valence-corrected chi connectivity index (χ4v) is 3.31. The molecule has 0 radical (unpaired) electrons. The normalized spacial score (nSPS) is 11.0. The van der Waals surface area contributed by atoms with Crippen molar-refractivity contribution in [3.8, 4) is 28.7 Å². The molecule has 0 aliphatic heterocycles. The molecule has 0 fully saturated rings. The van der Waals surface area contributed by atoms with Gasteiger partial charge in [0.25, 0.3) is 5.89 Å². The fourth-order valence-electron chi connectivity index (χ4n) is 3.31. The lowest BCUT2D eigenvalue weighted by molar-refractivity contribution is 0.299. The third-order valence-electron chi connectivity index (χ3n) is 4.98. The zero-order valence-electron chi connectivity index (χ0n) is 17.1. The third kappa shape index (κ3) is 4.28. The van der Waals surface area contributed by atoms with Crippen LogP contribution in [0.1, 0.15) is 17.0 Å². The Bertz CT molecular complexity index is 1250. The molecule has 6 nitrogen and oxygen atoms in total. The first-order chi connectivity index (χ1) is 15.2. The number of hydrogen-bond donors (Lipinski definition) is 0. The number of hydrogen-bond acceptors (Lipinski definition) is 5. The minimum absolute atomic E-state index is 0.328. The zero-order valence-corrected chi connectivity index (χ0v) is 17.1. The average molecular weight is 411 g/mol. The summed E-state index contributed by atoms with van der Waals surface area (Å²) >= 11 is 0. The summed E-state index contributed by atoms with van der Waals surface area (Å²) in [5, 5.41) is 4.67. The van der Waals surface area contributed by atoms with E-state index < -0.39 is 0 Å². The minimum Gasteiger partial charge on any atom is -0.487 e. The monoisotopic (exact) mass is 411 g/mol. The molecule has 3 heterocycles. The zero-order chi connectivity index (χ0) is 21.0. The predicted molar refractivity (Wildman–Crippen MR) is 116 cm³/mol. The number of aromatic nitrogens is 3. The van der Waals surface area contributed by atoms with E-state index >= 15 is 0 Å². The Morgan fingerprint density at radius 3 is 2.55 bits per heavy atom. The van der Waals surface area contributed by atoms with Gasteiger partial charge in [-0.1, -0.05) is 42.5 Å². The Balaban J connectivity index is 1.21. The van der Waals surface area contributed by atoms with E-state index in [0.717, 1.165) is 34.0 Å². The summed E-state index contributed by atoms with van der Waals surface area (Å²) in [6.45, 7) is 2.89. The molecule has 0 bridgehead atoms. The molecule has 31 heavy (non-hydrogen) atoms. The van der Waals surface area contributed by atoms with E-state index in [1.807, 2.05) is 72.4 Å². The van der Waals surface area contributed by atoms with E-state index in [1.54, 1.807) is 12.3 Å². The van der Waals surface area contributed by atoms with Gasteiger partial charge in [-0.2, -0.15) is 5.10 Å². The molecule has 0 amide bonds. The summed E-state index contributed by atoms with van der Waals surface area (Å²) in [5.41, 5.74) is 3.98. The van der Waals surface area contributed by atoms with Crippen molar-refractivity contribution >= 4 is 0 Å². The summed E-state index contributed by atoms with van der Waals surface area (Å²) in [4.78, 5) is 4.47. The van der Waals surface area contributed by atoms with Gasteiger partial charge in [-0.05, 0) is 42.8 Å². The van der Waals surface area contributed by atoms with Crippen molar-refractivity contribution in [1.29, 1.82) is 0 Å². The third-order valence-corrected chi connectivity index (χ3v) is 4.98. The number of rotatable bonds is 7. The van der Waals surface area contributed by atoms with Gasteiger partial charge in [0.05, 0.1) is 18.5 Å². The van der Waals surface area contributed by atoms with Gasteiger partial charge in [0.1, 0.15) is 23.8 Å². The quantitative estimate of drug-likeness (QED) is 0.342. The second kappa shape index (κ2) is 8.36. The molecule has 0 saturated heterocycles. The summed E-state index contributed by atoms with van der Waals surface area (Å²) < 4.78 is 18.8. The molecule has 0 aliphatic carbocycles. The molecule has 154 valence electrons. The predicted octanol–water partition coefficient (Wildman–Crippen LogP) is 5.73. The van der Waals surface area contributed by atoms with Crippen LogP contribution >= 0.6 is 0 Å². The molecule has 5 rings (SSSR count). The molecule has 0 N–H and O–H groups in total. The van der Waals surface area contributed by atoms with Crippen molar-refractivity contribution in [3.05, 3.63) is 102 Å². The van der Waals surface area contributed by atoms with Crippen LogP contribution in [0.25, 0.3) is 22.9 Å². The molecule has 2 aromatic carbocycles. The number of oxazole rings is 1. The van der Waals surface area contributed by atoms with Gasteiger partial charge in [-0.15, -0.1) is 0 Å². The van der Waals surface area contributed by atoms with E-state index in [0.29, 0.717) is 24.8 Å². The summed E-state index contributed by atoms with van der Waals surface area (Å²) in [5.74, 6) is 2.56. The maximum Gasteiger partial charge on any atom is 0.263 e. The molecule has 0 spiro atoms. The van der Waals surface area contributed by atoms with E-state index in [2.05, 4.69) is 22.2 Å². The van der Waals surface area contributed by atoms with Crippen LogP contribution < -0.4 is 4.74 Å². The number of aryl methyl sites for hydroxylation is 1. The van der Waals surface area contributed by atoms with Gasteiger partial charge in [-0.3, -0.25) is 4.68 Å². The topological polar surface area (TPSA) is 66.2 Å². The summed E-state index contributed by atoms with van der Waals surface area (Å²) in [6.07, 6.45) is 3.59. The van der Waals surface area contributed by atoms with Crippen LogP contribution in [0, 0.1) is 6.92 Å². The van der Waals surface area contributed by atoms with Crippen molar-refractivity contribution in [2.75, 3.05) is 0 Å². The molecule has 0 unspecified atom stereocenters. The van der Waals surface area contributed by atoms with Crippen LogP contribution in [0.3, 0.4) is 0 Å². The van der Waals surface area contributed by atoms with Crippen LogP contribution in [-0.4, -0.2) is 14.8 Å². The Kier molecular flexibility index (Phi) is 5.10. The largest absolute Gasteiger partial charge is 0.487 e. The summed E-state index contributed by atoms with van der Waals surface area (Å²) in [6, 6.07) is 23.8. The van der Waals surface area contributed by atoms with Gasteiger partial charge < -0.3 is 13.6 Å². The Morgan fingerprint density at radius 1 is 0.935 bits per heavy atom. The smallest absolute Gasteiger partial charge is 0.263 e. The molecule has 3 aromatic heterocycles. The fraction of sp³-hybridized carbons (Fsp3) is 0.120. The molecule has 0 saturated carbocycles. The van der Waals surface area contributed by atoms with Crippen LogP contribution in [-0.2, 0) is 13.2 Å². The summed E-state index contributed by atoms with van der Waals surface area (Å²) in [7, 11) is 0. The van der Waals surface area contributed by atoms with Crippen molar-refractivity contribution in [3.63, 3.8) is 0 Å². The lowest BCUT2D eigenvalue weighted by atomic mass is 10.2. The Morgan fingerprint density at radius 2 is 1.77 bits per heavy atom. The number of benzene rings is 2. The van der Waals surface area contributed by atoms with E-state index in [-0.39, 0.29) is 0 Å². The standard InChI is InChI=1S/C25H21N3O3/c1-18-23(26-25(31-18)24-8-5-15-29-24)17-30-21-11-9-19(10-12-21)16-28-14-13-22(27-28)20-6-3-2-4-7-20/h2-15H,16-17H2,1H3. The van der Waals surface area contributed by atoms with Crippen LogP contribution in [0.5, 0.6) is 5.75 Å². The highest BCUT2D eigenvalue weighted by molar-refractivity contribution is 5.58. The van der Waals surface area contributed by atoms with Gasteiger partial charge in [0, 0.05) is 11.8 Å². The highest BCUT2D eigenvalue weighted by Crippen LogP contribution is 2.23.